The van der Waals surface area contributed by atoms with Gasteiger partial charge >= 0.3 is 0 Å². The minimum Gasteiger partial charge on any atom is -0.366 e. The Balaban J connectivity index is 3.27. The van der Waals surface area contributed by atoms with Crippen LogP contribution in [0.25, 0.3) is 0 Å². The minimum absolute atomic E-state index is 0.424. The zero-order valence-corrected chi connectivity index (χ0v) is 12.4. The lowest BCUT2D eigenvalue weighted by molar-refractivity contribution is 0.0998. The SMILES string of the molecule is CCCCc1cc(CCCC)c(C(N)=O)cc1C(N)=O. The van der Waals surface area contributed by atoms with Crippen LogP contribution in [0.5, 0.6) is 0 Å². The predicted octanol–water partition coefficient (Wildman–Crippen LogP) is 2.57. The van der Waals surface area contributed by atoms with Crippen molar-refractivity contribution >= 4 is 11.8 Å². The number of carbonyl (C=O) groups is 2. The van der Waals surface area contributed by atoms with Crippen molar-refractivity contribution in [2.75, 3.05) is 0 Å². The number of unbranched alkanes of at least 4 members (excludes halogenated alkanes) is 2. The summed E-state index contributed by atoms with van der Waals surface area (Å²) >= 11 is 0. The number of hydrogen-bond acceptors (Lipinski definition) is 2. The Morgan fingerprint density at radius 3 is 1.55 bits per heavy atom. The number of primary amides is 2. The standard InChI is InChI=1S/C16H24N2O2/c1-3-5-7-11-9-12(8-6-4-2)14(16(18)20)10-13(11)15(17)19/h9-10H,3-8H2,1-2H3,(H2,17,19)(H2,18,20). The van der Waals surface area contributed by atoms with Crippen molar-refractivity contribution in [1.29, 1.82) is 0 Å². The van der Waals surface area contributed by atoms with E-state index in [0.717, 1.165) is 49.7 Å². The van der Waals surface area contributed by atoms with Crippen LogP contribution in [0.1, 0.15) is 71.4 Å². The Morgan fingerprint density at radius 2 is 1.25 bits per heavy atom. The number of hydrogen-bond donors (Lipinski definition) is 2. The Bertz CT molecular complexity index is 454. The van der Waals surface area contributed by atoms with Gasteiger partial charge in [-0.25, -0.2) is 0 Å². The van der Waals surface area contributed by atoms with Crippen LogP contribution in [0.15, 0.2) is 12.1 Å². The molecule has 0 unspecified atom stereocenters. The largest absolute Gasteiger partial charge is 0.366 e. The normalized spacial score (nSPS) is 10.5. The van der Waals surface area contributed by atoms with E-state index in [0.29, 0.717) is 11.1 Å². The van der Waals surface area contributed by atoms with Gasteiger partial charge in [0.2, 0.25) is 11.8 Å². The van der Waals surface area contributed by atoms with Crippen molar-refractivity contribution in [3.63, 3.8) is 0 Å². The molecule has 0 aliphatic rings. The molecule has 0 aliphatic carbocycles. The fourth-order valence-corrected chi connectivity index (χ4v) is 2.30. The summed E-state index contributed by atoms with van der Waals surface area (Å²) in [6.45, 7) is 4.19. The maximum atomic E-state index is 11.6. The summed E-state index contributed by atoms with van der Waals surface area (Å²) in [6.07, 6.45) is 5.66. The van der Waals surface area contributed by atoms with E-state index in [1.165, 1.54) is 0 Å². The molecular weight excluding hydrogens is 252 g/mol. The van der Waals surface area contributed by atoms with Gasteiger partial charge in [-0.15, -0.1) is 0 Å². The summed E-state index contributed by atoms with van der Waals surface area (Å²) in [5.74, 6) is -0.999. The van der Waals surface area contributed by atoms with Gasteiger partial charge in [0.25, 0.3) is 0 Å². The molecule has 0 fully saturated rings. The number of carbonyl (C=O) groups excluding carboxylic acids is 2. The van der Waals surface area contributed by atoms with Gasteiger partial charge in [-0.1, -0.05) is 32.8 Å². The second-order valence-electron chi connectivity index (χ2n) is 5.10. The van der Waals surface area contributed by atoms with Crippen molar-refractivity contribution < 1.29 is 9.59 Å². The average molecular weight is 276 g/mol. The van der Waals surface area contributed by atoms with Crippen LogP contribution in [0, 0.1) is 0 Å². The molecular formula is C16H24N2O2. The van der Waals surface area contributed by atoms with Crippen LogP contribution in [-0.2, 0) is 12.8 Å². The molecule has 0 saturated carbocycles. The maximum Gasteiger partial charge on any atom is 0.249 e. The van der Waals surface area contributed by atoms with Crippen molar-refractivity contribution in [2.45, 2.75) is 52.4 Å². The number of rotatable bonds is 8. The van der Waals surface area contributed by atoms with E-state index < -0.39 is 11.8 Å². The average Bonchev–Trinajstić information content (AvgIpc) is 2.41. The molecule has 0 radical (unpaired) electrons. The molecule has 0 atom stereocenters. The smallest absolute Gasteiger partial charge is 0.249 e. The first-order valence-corrected chi connectivity index (χ1v) is 7.26. The summed E-state index contributed by atoms with van der Waals surface area (Å²) in [4.78, 5) is 23.1. The third kappa shape index (κ3) is 4.08. The molecule has 4 nitrogen and oxygen atoms in total. The van der Waals surface area contributed by atoms with Crippen molar-refractivity contribution in [3.8, 4) is 0 Å². The first-order valence-electron chi connectivity index (χ1n) is 7.26. The second kappa shape index (κ2) is 7.68. The van der Waals surface area contributed by atoms with E-state index in [1.807, 2.05) is 6.07 Å². The van der Waals surface area contributed by atoms with Crippen LogP contribution in [0.3, 0.4) is 0 Å². The maximum absolute atomic E-state index is 11.6. The van der Waals surface area contributed by atoms with Crippen LogP contribution in [0.2, 0.25) is 0 Å². The van der Waals surface area contributed by atoms with Gasteiger partial charge in [-0.05, 0) is 42.9 Å². The number of nitrogens with two attached hydrogens (primary N) is 2. The lowest BCUT2D eigenvalue weighted by atomic mass is 9.92. The zero-order valence-electron chi connectivity index (χ0n) is 12.4. The molecule has 0 spiro atoms. The number of benzene rings is 1. The van der Waals surface area contributed by atoms with Crippen LogP contribution in [0.4, 0.5) is 0 Å². The molecule has 0 aliphatic heterocycles. The third-order valence-electron chi connectivity index (χ3n) is 3.46. The van der Waals surface area contributed by atoms with E-state index in [-0.39, 0.29) is 0 Å². The topological polar surface area (TPSA) is 86.2 Å². The quantitative estimate of drug-likeness (QED) is 0.764. The molecule has 0 bridgehead atoms. The Hall–Kier alpha value is -1.84. The van der Waals surface area contributed by atoms with Crippen molar-refractivity contribution in [2.24, 2.45) is 11.5 Å². The first-order chi connectivity index (χ1) is 9.51. The van der Waals surface area contributed by atoms with Gasteiger partial charge < -0.3 is 11.5 Å². The summed E-state index contributed by atoms with van der Waals surface area (Å²) in [6, 6.07) is 3.51. The number of aryl methyl sites for hydroxylation is 2. The van der Waals surface area contributed by atoms with E-state index in [4.69, 9.17) is 11.5 Å². The molecule has 1 aromatic rings. The minimum atomic E-state index is -0.499. The molecule has 110 valence electrons. The molecule has 1 rings (SSSR count). The predicted molar refractivity (Wildman–Crippen MR) is 80.7 cm³/mol. The van der Waals surface area contributed by atoms with E-state index >= 15 is 0 Å². The number of amides is 2. The Labute approximate surface area is 120 Å². The summed E-state index contributed by atoms with van der Waals surface area (Å²) in [7, 11) is 0. The fourth-order valence-electron chi connectivity index (χ4n) is 2.30. The van der Waals surface area contributed by atoms with E-state index in [9.17, 15) is 9.59 Å². The van der Waals surface area contributed by atoms with Gasteiger partial charge in [0, 0.05) is 11.1 Å². The van der Waals surface area contributed by atoms with E-state index in [2.05, 4.69) is 13.8 Å². The zero-order chi connectivity index (χ0) is 15.1. The molecule has 4 N–H and O–H groups in total. The highest BCUT2D eigenvalue weighted by Crippen LogP contribution is 2.21. The summed E-state index contributed by atoms with van der Waals surface area (Å²) < 4.78 is 0. The lowest BCUT2D eigenvalue weighted by Gasteiger charge is -2.13. The monoisotopic (exact) mass is 276 g/mol. The van der Waals surface area contributed by atoms with Crippen molar-refractivity contribution in [3.05, 3.63) is 34.4 Å². The highest BCUT2D eigenvalue weighted by atomic mass is 16.1. The molecule has 0 heterocycles. The molecule has 0 aromatic heterocycles. The van der Waals surface area contributed by atoms with Crippen molar-refractivity contribution in [1.82, 2.24) is 0 Å². The summed E-state index contributed by atoms with van der Waals surface area (Å²) in [5.41, 5.74) is 13.5. The van der Waals surface area contributed by atoms with Crippen LogP contribution >= 0.6 is 0 Å². The molecule has 20 heavy (non-hydrogen) atoms. The Morgan fingerprint density at radius 1 is 0.850 bits per heavy atom. The lowest BCUT2D eigenvalue weighted by Crippen LogP contribution is -2.19. The van der Waals surface area contributed by atoms with Gasteiger partial charge in [0.1, 0.15) is 0 Å². The third-order valence-corrected chi connectivity index (χ3v) is 3.46. The van der Waals surface area contributed by atoms with Gasteiger partial charge in [0.05, 0.1) is 0 Å². The van der Waals surface area contributed by atoms with E-state index in [1.54, 1.807) is 6.07 Å². The Kier molecular flexibility index (Phi) is 6.22. The van der Waals surface area contributed by atoms with Crippen LogP contribution in [-0.4, -0.2) is 11.8 Å². The highest BCUT2D eigenvalue weighted by Gasteiger charge is 2.16. The van der Waals surface area contributed by atoms with Gasteiger partial charge in [-0.3, -0.25) is 9.59 Å². The molecule has 4 heteroatoms. The molecule has 1 aromatic carbocycles. The van der Waals surface area contributed by atoms with Crippen LogP contribution < -0.4 is 11.5 Å². The second-order valence-corrected chi connectivity index (χ2v) is 5.10. The highest BCUT2D eigenvalue weighted by molar-refractivity contribution is 6.00. The fraction of sp³-hybridized carbons (Fsp3) is 0.500. The van der Waals surface area contributed by atoms with Gasteiger partial charge in [-0.2, -0.15) is 0 Å². The molecule has 0 saturated heterocycles. The first kappa shape index (κ1) is 16.2. The van der Waals surface area contributed by atoms with Gasteiger partial charge in [0.15, 0.2) is 0 Å². The molecule has 2 amide bonds. The summed E-state index contributed by atoms with van der Waals surface area (Å²) in [5, 5.41) is 0.